The Morgan fingerprint density at radius 1 is 0.686 bits per heavy atom. The summed E-state index contributed by atoms with van der Waals surface area (Å²) < 4.78 is 88.2. The highest BCUT2D eigenvalue weighted by molar-refractivity contribution is 7.90. The van der Waals surface area contributed by atoms with Crippen molar-refractivity contribution in [2.45, 2.75) is 109 Å². The summed E-state index contributed by atoms with van der Waals surface area (Å²) in [5.41, 5.74) is 7.01. The smallest absolute Gasteiger partial charge is 0.306 e. The summed E-state index contributed by atoms with van der Waals surface area (Å²) in [6.45, 7) is 1.16. The van der Waals surface area contributed by atoms with E-state index in [9.17, 15) is 49.9 Å². The van der Waals surface area contributed by atoms with Gasteiger partial charge in [0, 0.05) is 68.8 Å². The van der Waals surface area contributed by atoms with Gasteiger partial charge in [-0.1, -0.05) is 115 Å². The van der Waals surface area contributed by atoms with Crippen molar-refractivity contribution in [3.8, 4) is 51.0 Å². The largest absolute Gasteiger partial charge is 0.768 e. The van der Waals surface area contributed by atoms with Gasteiger partial charge in [-0.25, -0.2) is 31.5 Å². The van der Waals surface area contributed by atoms with Crippen LogP contribution in [0.4, 0.5) is 11.6 Å². The average molecular weight is 1510 g/mol. The number of nitrogens with zero attached hydrogens (tertiary/aromatic N) is 3. The number of aromatic nitrogens is 3. The molecule has 105 heavy (non-hydrogen) atoms. The van der Waals surface area contributed by atoms with Crippen molar-refractivity contribution >= 4 is 77.7 Å². The van der Waals surface area contributed by atoms with Crippen LogP contribution in [0.15, 0.2) is 204 Å². The topological polar surface area (TPSA) is 352 Å². The molecular weight excluding hydrogens is 1420 g/mol. The third-order valence-corrected chi connectivity index (χ3v) is 22.1. The maximum Gasteiger partial charge on any atom is 0.306 e. The van der Waals surface area contributed by atoms with Gasteiger partial charge in [-0.05, 0) is 183 Å². The van der Waals surface area contributed by atoms with Crippen LogP contribution in [0.25, 0.3) is 33.8 Å². The lowest BCUT2D eigenvalue weighted by Gasteiger charge is -2.18. The molecule has 3 atom stereocenters. The number of amides is 2. The highest BCUT2D eigenvalue weighted by Gasteiger charge is 2.54. The first kappa shape index (κ1) is 76.5. The van der Waals surface area contributed by atoms with E-state index >= 15 is 0 Å². The molecule has 6 aromatic carbocycles. The average Bonchev–Trinajstić information content (AvgIpc) is 1.62. The number of sulfone groups is 1. The first-order chi connectivity index (χ1) is 50.4. The number of hydrogen-bond acceptors (Lipinski definition) is 19. The molecule has 27 heteroatoms. The van der Waals surface area contributed by atoms with E-state index in [0.29, 0.717) is 69.9 Å². The molecule has 23 nitrogen and oxygen atoms in total. The Bertz CT molecular complexity index is 4890. The number of carboxylic acids is 1. The first-order valence-electron chi connectivity index (χ1n) is 34.0. The third kappa shape index (κ3) is 19.7. The van der Waals surface area contributed by atoms with Crippen LogP contribution in [0.5, 0.6) is 17.2 Å². The number of carboxylic acid groups (broad SMARTS) is 1. The number of carbonyl (C=O) groups is 4. The van der Waals surface area contributed by atoms with Crippen LogP contribution < -0.4 is 34.9 Å². The molecule has 9 aromatic rings. The number of methoxy groups -OCH3 is 1. The number of para-hydroxylation sites is 1. The highest BCUT2D eigenvalue weighted by atomic mass is 35.5. The minimum Gasteiger partial charge on any atom is -0.768 e. The van der Waals surface area contributed by atoms with Gasteiger partial charge in [0.2, 0.25) is 28.6 Å². The monoisotopic (exact) mass is 1510 g/mol. The summed E-state index contributed by atoms with van der Waals surface area (Å²) in [4.78, 5) is 64.0. The number of aliphatic carboxylic acids is 1. The number of carbonyl (C=O) groups excluding carboxylic acids is 3. The van der Waals surface area contributed by atoms with Gasteiger partial charge in [-0.3, -0.25) is 28.4 Å². The van der Waals surface area contributed by atoms with Crippen molar-refractivity contribution < 1.29 is 80.0 Å². The lowest BCUT2D eigenvalue weighted by Crippen LogP contribution is -2.33. The standard InChI is InChI=1S/C27H26N2O8S.C25H26N2O4S.C21H17ClN2O3S.C5H11NO.4H2/c30-20(14-26(32)33)15-28-38(34,35)21-7-4-17(5-8-21)22-3-1-2-19(29-22)13-25(31)27(10-11-27)18-6-9-23-24(12-18)37-16-36-23;1-31-22-8-4-3-6-20(22)25(15-16-25)24(28)27-23-9-5-7-21(26-23)19-12-10-18(11-13-19)14-17-32(2,29)30;22-16-8-6-15(7-9-16)21(12-13-21)20(25)24-19-3-1-2-18(23-19)14-4-10-17(11-5-14)28(26)27;7-4-5-2-1-3-6-5;;;;/h1-9,12,20,28,30H,10-11,13-16H2,(H,32,33);3-13H,14-17H2,1-2H3,(H,26,27,28);1-11H,12-13H2,(H,26,27)(H,23,24,25);5-7H,1-4H2;4*1H/p-1/t;;;5-;;;;/m...1..../s1. The van der Waals surface area contributed by atoms with E-state index in [-0.39, 0.29) is 52.1 Å². The zero-order valence-corrected chi connectivity index (χ0v) is 60.7. The molecule has 1 saturated heterocycles. The number of aryl methyl sites for hydroxylation is 1. The van der Waals surface area contributed by atoms with Crippen LogP contribution in [0.1, 0.15) is 91.4 Å². The minimum absolute atomic E-state index is 0. The van der Waals surface area contributed by atoms with Gasteiger partial charge in [-0.2, -0.15) is 0 Å². The molecule has 3 aliphatic carbocycles. The molecule has 7 N–H and O–H groups in total. The number of benzene rings is 6. The highest BCUT2D eigenvalue weighted by Crippen LogP contribution is 2.53. The number of aliphatic hydroxyl groups excluding tert-OH is 2. The SMILES string of the molecule is COc1ccccc1C1(C(=O)Nc2cccc(-c3ccc(CCS(C)(=O)=O)cc3)n2)CC1.O=C(Nc1cccc(-c2ccc(S(=O)[O-])cc2)n1)C1(c2ccc(Cl)cc2)CC1.O=C(O)CC(O)CNS(=O)(=O)c1ccc(-c2cccc(CC(=O)C3(c4ccc5c(c4)OCO5)CC3)n2)cc1.OC[C@H]1CCCN1.[HH].[HH].[HH].[HH]. The lowest BCUT2D eigenvalue weighted by molar-refractivity contribution is -0.139. The number of nitrogens with one attached hydrogen (secondary N) is 4. The number of fused-ring (bicyclic) bond motifs is 1. The number of hydrogen-bond donors (Lipinski definition) is 7. The van der Waals surface area contributed by atoms with Crippen LogP contribution >= 0.6 is 11.6 Å². The number of aliphatic hydroxyl groups is 2. The third-order valence-electron chi connectivity index (χ3n) is 18.8. The zero-order valence-electron chi connectivity index (χ0n) is 57.5. The number of anilines is 2. The molecule has 2 amide bonds. The lowest BCUT2D eigenvalue weighted by atomic mass is 9.88. The van der Waals surface area contributed by atoms with E-state index in [1.807, 2.05) is 97.1 Å². The molecule has 3 aromatic heterocycles. The Morgan fingerprint density at radius 2 is 1.24 bits per heavy atom. The fourth-order valence-corrected chi connectivity index (χ4v) is 14.6. The molecule has 5 aliphatic rings. The van der Waals surface area contributed by atoms with Crippen molar-refractivity contribution in [2.24, 2.45) is 0 Å². The molecule has 14 rings (SSSR count). The number of rotatable bonds is 25. The Hall–Kier alpha value is -9.61. The van der Waals surface area contributed by atoms with Crippen molar-refractivity contribution in [1.82, 2.24) is 25.0 Å². The maximum absolute atomic E-state index is 13.3. The van der Waals surface area contributed by atoms with Crippen LogP contribution in [0, 0.1) is 0 Å². The van der Waals surface area contributed by atoms with Crippen LogP contribution in [-0.2, 0) is 79.2 Å². The summed E-state index contributed by atoms with van der Waals surface area (Å²) in [7, 11) is -5.32. The molecule has 4 fully saturated rings. The molecule has 556 valence electrons. The number of sulfonamides is 1. The second kappa shape index (κ2) is 33.7. The van der Waals surface area contributed by atoms with Gasteiger partial charge in [0.1, 0.15) is 33.0 Å². The van der Waals surface area contributed by atoms with E-state index in [0.717, 1.165) is 96.3 Å². The molecule has 0 bridgehead atoms. The number of Topliss-reactive ketones (excluding diaryl/α,β-unsaturated/α-hetero) is 1. The summed E-state index contributed by atoms with van der Waals surface area (Å²) in [6, 6.07) is 57.4. The summed E-state index contributed by atoms with van der Waals surface area (Å²) in [6.07, 6.45) is 7.01. The van der Waals surface area contributed by atoms with Crippen molar-refractivity contribution in [2.75, 3.05) is 56.2 Å². The minimum atomic E-state index is -3.94. The van der Waals surface area contributed by atoms with Gasteiger partial charge in [0.05, 0.1) is 70.2 Å². The number of halogens is 1. The van der Waals surface area contributed by atoms with E-state index < -0.39 is 72.2 Å². The molecule has 0 spiro atoms. The van der Waals surface area contributed by atoms with E-state index in [4.69, 9.17) is 36.0 Å². The number of ketones is 1. The van der Waals surface area contributed by atoms with E-state index in [1.165, 1.54) is 36.9 Å². The van der Waals surface area contributed by atoms with Crippen LogP contribution in [0.3, 0.4) is 0 Å². The fraction of sp³-hybridized carbons (Fsp3) is 0.295. The molecular formula is C78H87ClN7O16S3-. The van der Waals surface area contributed by atoms with Crippen molar-refractivity contribution in [3.63, 3.8) is 0 Å². The van der Waals surface area contributed by atoms with Gasteiger partial charge in [-0.15, -0.1) is 0 Å². The van der Waals surface area contributed by atoms with Gasteiger partial charge in [0.15, 0.2) is 11.5 Å². The van der Waals surface area contributed by atoms with Crippen LogP contribution in [-0.4, -0.2) is 137 Å². The van der Waals surface area contributed by atoms with Gasteiger partial charge >= 0.3 is 5.97 Å². The Kier molecular flexibility index (Phi) is 24.5. The molecule has 2 aliphatic heterocycles. The van der Waals surface area contributed by atoms with E-state index in [1.54, 1.807) is 79.9 Å². The predicted octanol–water partition coefficient (Wildman–Crippen LogP) is 11.5. The first-order valence-corrected chi connectivity index (χ1v) is 39.0. The summed E-state index contributed by atoms with van der Waals surface area (Å²) in [5, 5.41) is 36.5. The second-order valence-electron chi connectivity index (χ2n) is 26.3. The normalized spacial score (nSPS) is 16.5. The Balaban J connectivity index is 0.000000215. The van der Waals surface area contributed by atoms with E-state index in [2.05, 4.69) is 35.6 Å². The van der Waals surface area contributed by atoms with Crippen molar-refractivity contribution in [1.29, 1.82) is 0 Å². The quantitative estimate of drug-likeness (QED) is 0.0261. The fourth-order valence-electron chi connectivity index (χ4n) is 12.4. The van der Waals surface area contributed by atoms with Crippen molar-refractivity contribution in [3.05, 3.63) is 227 Å². The zero-order chi connectivity index (χ0) is 74.5. The Morgan fingerprint density at radius 3 is 1.78 bits per heavy atom. The van der Waals surface area contributed by atoms with Crippen LogP contribution in [0.2, 0.25) is 5.02 Å². The summed E-state index contributed by atoms with van der Waals surface area (Å²) >= 11 is 3.69. The molecule has 3 saturated carbocycles. The maximum atomic E-state index is 13.3. The number of ether oxygens (including phenoxy) is 3. The Labute approximate surface area is 622 Å². The molecule has 2 unspecified atom stereocenters. The predicted molar refractivity (Wildman–Crippen MR) is 405 cm³/mol. The molecule has 5 heterocycles. The van der Waals surface area contributed by atoms with Gasteiger partial charge < -0.3 is 50.0 Å². The molecule has 0 radical (unpaired) electrons. The van der Waals surface area contributed by atoms with Gasteiger partial charge in [0.25, 0.3) is 0 Å². The second-order valence-corrected chi connectivity index (χ2v) is 31.7. The summed E-state index contributed by atoms with van der Waals surface area (Å²) in [5.74, 6) is 1.82. The number of pyridine rings is 3.